The molecule has 2 N–H and O–H groups in total. The fourth-order valence-corrected chi connectivity index (χ4v) is 2.53. The molecule has 0 spiro atoms. The van der Waals surface area contributed by atoms with Crippen molar-refractivity contribution in [3.63, 3.8) is 0 Å². The van der Waals surface area contributed by atoms with Gasteiger partial charge < -0.3 is 5.73 Å². The largest absolute Gasteiger partial charge is 0.325 e. The molecule has 0 atom stereocenters. The lowest BCUT2D eigenvalue weighted by molar-refractivity contribution is 0.800. The maximum Gasteiger partial charge on any atom is 0.105 e. The summed E-state index contributed by atoms with van der Waals surface area (Å²) in [6.07, 6.45) is 0. The van der Waals surface area contributed by atoms with Gasteiger partial charge in [-0.15, -0.1) is 5.10 Å². The fraction of sp³-hybridized carbons (Fsp3) is 0.125. The minimum absolute atomic E-state index is 0.338. The zero-order valence-corrected chi connectivity index (χ0v) is 12.4. The highest BCUT2D eigenvalue weighted by atomic mass is 35.5. The number of nitrogens with zero attached hydrogens (tertiary/aromatic N) is 3. The molecule has 2 aromatic carbocycles. The molecule has 1 heterocycles. The zero-order valence-electron chi connectivity index (χ0n) is 11.6. The van der Waals surface area contributed by atoms with Crippen LogP contribution in [0.25, 0.3) is 16.9 Å². The topological polar surface area (TPSA) is 56.7 Å². The number of halogens is 1. The van der Waals surface area contributed by atoms with Crippen molar-refractivity contribution in [1.82, 2.24) is 15.0 Å². The van der Waals surface area contributed by atoms with Gasteiger partial charge in [0.2, 0.25) is 0 Å². The molecule has 0 aliphatic rings. The standard InChI is InChI=1S/C16H15ClN4/c1-11-5-2-3-8-14(11)16-15(10-18)19-20-21(16)13-7-4-6-12(17)9-13/h2-9H,10,18H2,1H3. The number of aromatic nitrogens is 3. The van der Waals surface area contributed by atoms with Gasteiger partial charge >= 0.3 is 0 Å². The average Bonchev–Trinajstić information content (AvgIpc) is 2.91. The predicted molar refractivity (Wildman–Crippen MR) is 84.4 cm³/mol. The van der Waals surface area contributed by atoms with Gasteiger partial charge in [0.1, 0.15) is 5.69 Å². The number of aryl methyl sites for hydroxylation is 1. The van der Waals surface area contributed by atoms with E-state index in [0.29, 0.717) is 11.6 Å². The highest BCUT2D eigenvalue weighted by molar-refractivity contribution is 6.30. The fourth-order valence-electron chi connectivity index (χ4n) is 2.35. The molecule has 0 radical (unpaired) electrons. The van der Waals surface area contributed by atoms with E-state index in [-0.39, 0.29) is 0 Å². The summed E-state index contributed by atoms with van der Waals surface area (Å²) in [5.41, 5.74) is 10.6. The Morgan fingerprint density at radius 3 is 2.67 bits per heavy atom. The van der Waals surface area contributed by atoms with Crippen LogP contribution in [0.15, 0.2) is 48.5 Å². The van der Waals surface area contributed by atoms with E-state index in [1.807, 2.05) is 42.5 Å². The highest BCUT2D eigenvalue weighted by Crippen LogP contribution is 2.28. The zero-order chi connectivity index (χ0) is 14.8. The summed E-state index contributed by atoms with van der Waals surface area (Å²) in [6.45, 7) is 2.40. The molecule has 21 heavy (non-hydrogen) atoms. The van der Waals surface area contributed by atoms with Gasteiger partial charge in [0, 0.05) is 17.1 Å². The predicted octanol–water partition coefficient (Wildman–Crippen LogP) is 3.35. The van der Waals surface area contributed by atoms with Crippen molar-refractivity contribution in [1.29, 1.82) is 0 Å². The van der Waals surface area contributed by atoms with E-state index in [9.17, 15) is 0 Å². The van der Waals surface area contributed by atoms with Crippen LogP contribution < -0.4 is 5.73 Å². The van der Waals surface area contributed by atoms with Gasteiger partial charge in [0.25, 0.3) is 0 Å². The van der Waals surface area contributed by atoms with E-state index < -0.39 is 0 Å². The van der Waals surface area contributed by atoms with Crippen LogP contribution in [-0.2, 0) is 6.54 Å². The third-order valence-corrected chi connectivity index (χ3v) is 3.62. The van der Waals surface area contributed by atoms with Crippen molar-refractivity contribution in [3.8, 4) is 16.9 Å². The molecule has 0 saturated carbocycles. The summed E-state index contributed by atoms with van der Waals surface area (Å²) in [5, 5.41) is 9.11. The number of rotatable bonds is 3. The second-order valence-corrected chi connectivity index (χ2v) is 5.23. The Labute approximate surface area is 128 Å². The molecule has 0 fully saturated rings. The Balaban J connectivity index is 2.24. The van der Waals surface area contributed by atoms with Gasteiger partial charge in [-0.2, -0.15) is 0 Å². The van der Waals surface area contributed by atoms with Crippen LogP contribution >= 0.6 is 11.6 Å². The number of hydrogen-bond acceptors (Lipinski definition) is 3. The van der Waals surface area contributed by atoms with Gasteiger partial charge in [-0.05, 0) is 30.7 Å². The van der Waals surface area contributed by atoms with E-state index in [1.165, 1.54) is 0 Å². The molecule has 0 aliphatic carbocycles. The third-order valence-electron chi connectivity index (χ3n) is 3.39. The Morgan fingerprint density at radius 1 is 1.14 bits per heavy atom. The molecule has 5 heteroatoms. The molecule has 0 amide bonds. The van der Waals surface area contributed by atoms with E-state index in [0.717, 1.165) is 28.2 Å². The van der Waals surface area contributed by atoms with Crippen molar-refractivity contribution >= 4 is 11.6 Å². The van der Waals surface area contributed by atoms with E-state index in [4.69, 9.17) is 17.3 Å². The molecule has 1 aromatic heterocycles. The summed E-state index contributed by atoms with van der Waals surface area (Å²) < 4.78 is 1.79. The van der Waals surface area contributed by atoms with Gasteiger partial charge in [-0.1, -0.05) is 47.1 Å². The lowest BCUT2D eigenvalue weighted by Gasteiger charge is -2.10. The first-order valence-electron chi connectivity index (χ1n) is 6.67. The van der Waals surface area contributed by atoms with Gasteiger partial charge in [-0.3, -0.25) is 0 Å². The SMILES string of the molecule is Cc1ccccc1-c1c(CN)nnn1-c1cccc(Cl)c1. The second kappa shape index (κ2) is 5.68. The van der Waals surface area contributed by atoms with E-state index in [1.54, 1.807) is 4.68 Å². The van der Waals surface area contributed by atoms with Gasteiger partial charge in [0.15, 0.2) is 0 Å². The Hall–Kier alpha value is -2.17. The number of benzene rings is 2. The van der Waals surface area contributed by atoms with Crippen LogP contribution in [0.2, 0.25) is 5.02 Å². The van der Waals surface area contributed by atoms with E-state index in [2.05, 4.69) is 23.3 Å². The Kier molecular flexibility index (Phi) is 3.73. The first-order chi connectivity index (χ1) is 10.2. The van der Waals surface area contributed by atoms with Crippen molar-refractivity contribution in [3.05, 3.63) is 64.8 Å². The van der Waals surface area contributed by atoms with Crippen LogP contribution in [0.4, 0.5) is 0 Å². The quantitative estimate of drug-likeness (QED) is 0.806. The van der Waals surface area contributed by atoms with Crippen molar-refractivity contribution < 1.29 is 0 Å². The molecule has 3 rings (SSSR count). The first kappa shape index (κ1) is 13.8. The Morgan fingerprint density at radius 2 is 1.95 bits per heavy atom. The summed E-state index contributed by atoms with van der Waals surface area (Å²) >= 11 is 6.08. The van der Waals surface area contributed by atoms with Crippen molar-refractivity contribution in [2.75, 3.05) is 0 Å². The Bertz CT molecular complexity index is 779. The highest BCUT2D eigenvalue weighted by Gasteiger charge is 2.16. The monoisotopic (exact) mass is 298 g/mol. The third kappa shape index (κ3) is 2.55. The molecule has 0 aliphatic heterocycles. The molecule has 0 unspecified atom stereocenters. The molecule has 3 aromatic rings. The van der Waals surface area contributed by atoms with Crippen LogP contribution in [0, 0.1) is 6.92 Å². The lowest BCUT2D eigenvalue weighted by atomic mass is 10.0. The van der Waals surface area contributed by atoms with Gasteiger partial charge in [-0.25, -0.2) is 4.68 Å². The molecule has 106 valence electrons. The maximum absolute atomic E-state index is 6.08. The molecule has 0 saturated heterocycles. The summed E-state index contributed by atoms with van der Waals surface area (Å²) in [7, 11) is 0. The average molecular weight is 299 g/mol. The van der Waals surface area contributed by atoms with E-state index >= 15 is 0 Å². The van der Waals surface area contributed by atoms with Crippen molar-refractivity contribution in [2.24, 2.45) is 5.73 Å². The molecular weight excluding hydrogens is 284 g/mol. The van der Waals surface area contributed by atoms with Crippen LogP contribution in [0.5, 0.6) is 0 Å². The van der Waals surface area contributed by atoms with Crippen molar-refractivity contribution in [2.45, 2.75) is 13.5 Å². The molecule has 4 nitrogen and oxygen atoms in total. The van der Waals surface area contributed by atoms with Crippen LogP contribution in [0.1, 0.15) is 11.3 Å². The number of hydrogen-bond donors (Lipinski definition) is 1. The second-order valence-electron chi connectivity index (χ2n) is 4.80. The van der Waals surface area contributed by atoms with Gasteiger partial charge in [0.05, 0.1) is 11.4 Å². The normalized spacial score (nSPS) is 10.8. The summed E-state index contributed by atoms with van der Waals surface area (Å²) in [6, 6.07) is 15.6. The molecular formula is C16H15ClN4. The summed E-state index contributed by atoms with van der Waals surface area (Å²) in [5.74, 6) is 0. The maximum atomic E-state index is 6.08. The summed E-state index contributed by atoms with van der Waals surface area (Å²) in [4.78, 5) is 0. The minimum atomic E-state index is 0.338. The molecule has 0 bridgehead atoms. The van der Waals surface area contributed by atoms with Crippen LogP contribution in [-0.4, -0.2) is 15.0 Å². The number of nitrogens with two attached hydrogens (primary N) is 1. The van der Waals surface area contributed by atoms with Crippen LogP contribution in [0.3, 0.4) is 0 Å². The first-order valence-corrected chi connectivity index (χ1v) is 7.05. The lowest BCUT2D eigenvalue weighted by Crippen LogP contribution is -2.03. The minimum Gasteiger partial charge on any atom is -0.325 e. The smallest absolute Gasteiger partial charge is 0.105 e.